The molecule has 0 aliphatic heterocycles. The molecule has 166 valence electrons. The minimum Gasteiger partial charge on any atom is -0.206 e. The normalized spacial score (nSPS) is 11.3. The molecule has 0 nitrogen and oxygen atoms in total. The minimum atomic E-state index is -1.57. The van der Waals surface area contributed by atoms with Gasteiger partial charge in [0.25, 0.3) is 0 Å². The molecule has 0 radical (unpaired) electrons. The van der Waals surface area contributed by atoms with Gasteiger partial charge in [-0.25, -0.2) is 17.6 Å². The monoisotopic (exact) mass is 446 g/mol. The van der Waals surface area contributed by atoms with Crippen LogP contribution in [0.25, 0.3) is 33.4 Å². The summed E-state index contributed by atoms with van der Waals surface area (Å²) in [5.41, 5.74) is 4.81. The molecule has 0 amide bonds. The fourth-order valence-electron chi connectivity index (χ4n) is 3.78. The molecule has 4 aromatic rings. The Morgan fingerprint density at radius 1 is 0.576 bits per heavy atom. The molecule has 0 spiro atoms. The average molecular weight is 446 g/mol. The molecule has 0 atom stereocenters. The summed E-state index contributed by atoms with van der Waals surface area (Å²) in [5.74, 6) is -4.92. The molecule has 0 N–H and O–H groups in total. The van der Waals surface area contributed by atoms with E-state index in [1.807, 2.05) is 31.2 Å². The summed E-state index contributed by atoms with van der Waals surface area (Å²) >= 11 is 0. The van der Waals surface area contributed by atoms with Crippen molar-refractivity contribution in [2.75, 3.05) is 0 Å². The topological polar surface area (TPSA) is 0 Å². The minimum absolute atomic E-state index is 0.00249. The molecule has 0 bridgehead atoms. The van der Waals surface area contributed by atoms with Gasteiger partial charge in [0.15, 0.2) is 17.5 Å². The van der Waals surface area contributed by atoms with E-state index in [2.05, 4.69) is 36.4 Å². The largest absolute Gasteiger partial charge is 0.206 e. The molecule has 4 heteroatoms. The first kappa shape index (κ1) is 22.5. The third kappa shape index (κ3) is 5.06. The van der Waals surface area contributed by atoms with E-state index in [1.54, 1.807) is 6.07 Å². The van der Waals surface area contributed by atoms with E-state index in [9.17, 15) is 17.6 Å². The standard InChI is InChI=1S/C29H22F4/c1-2-3-4-5-19-6-8-20(9-7-19)21-10-12-22(13-11-21)23-14-15-25(26(30)16-23)24-17-27(31)29(33)28(32)18-24/h2-3,6-18H,4-5H2,1H3. The Morgan fingerprint density at radius 3 is 1.61 bits per heavy atom. The average Bonchev–Trinajstić information content (AvgIpc) is 2.83. The maximum atomic E-state index is 14.7. The first-order chi connectivity index (χ1) is 16.0. The van der Waals surface area contributed by atoms with Crippen molar-refractivity contribution < 1.29 is 17.6 Å². The van der Waals surface area contributed by atoms with Crippen molar-refractivity contribution in [1.82, 2.24) is 0 Å². The lowest BCUT2D eigenvalue weighted by Crippen LogP contribution is -1.94. The molecule has 4 rings (SSSR count). The first-order valence-corrected chi connectivity index (χ1v) is 10.7. The number of hydrogen-bond acceptors (Lipinski definition) is 0. The summed E-state index contributed by atoms with van der Waals surface area (Å²) in [4.78, 5) is 0. The van der Waals surface area contributed by atoms with Crippen LogP contribution in [-0.4, -0.2) is 0 Å². The Labute approximate surface area is 190 Å². The van der Waals surface area contributed by atoms with Crippen LogP contribution in [0.15, 0.2) is 91.0 Å². The highest BCUT2D eigenvalue weighted by atomic mass is 19.2. The van der Waals surface area contributed by atoms with Gasteiger partial charge < -0.3 is 0 Å². The van der Waals surface area contributed by atoms with Crippen LogP contribution in [0.5, 0.6) is 0 Å². The maximum Gasteiger partial charge on any atom is 0.194 e. The van der Waals surface area contributed by atoms with Crippen LogP contribution in [-0.2, 0) is 6.42 Å². The first-order valence-electron chi connectivity index (χ1n) is 10.7. The SMILES string of the molecule is CC=CCCc1ccc(-c2ccc(-c3ccc(-c4cc(F)c(F)c(F)c4)c(F)c3)cc2)cc1. The lowest BCUT2D eigenvalue weighted by Gasteiger charge is -2.09. The number of allylic oxidation sites excluding steroid dienone is 2. The lowest BCUT2D eigenvalue weighted by atomic mass is 9.97. The van der Waals surface area contributed by atoms with Gasteiger partial charge in [-0.2, -0.15) is 0 Å². The molecule has 0 unspecified atom stereocenters. The van der Waals surface area contributed by atoms with Crippen LogP contribution in [0.1, 0.15) is 18.9 Å². The Morgan fingerprint density at radius 2 is 1.06 bits per heavy atom. The summed E-state index contributed by atoms with van der Waals surface area (Å²) in [7, 11) is 0. The maximum absolute atomic E-state index is 14.7. The summed E-state index contributed by atoms with van der Waals surface area (Å²) < 4.78 is 55.0. The zero-order valence-corrected chi connectivity index (χ0v) is 18.1. The third-order valence-corrected chi connectivity index (χ3v) is 5.60. The van der Waals surface area contributed by atoms with Crippen LogP contribution in [0.3, 0.4) is 0 Å². The van der Waals surface area contributed by atoms with Gasteiger partial charge in [-0.3, -0.25) is 0 Å². The van der Waals surface area contributed by atoms with Gasteiger partial charge in [0.2, 0.25) is 0 Å². The molecule has 0 fully saturated rings. The molecule has 0 saturated carbocycles. The van der Waals surface area contributed by atoms with Crippen LogP contribution in [0.2, 0.25) is 0 Å². The fourth-order valence-corrected chi connectivity index (χ4v) is 3.78. The van der Waals surface area contributed by atoms with Crippen molar-refractivity contribution in [1.29, 1.82) is 0 Å². The predicted octanol–water partition coefficient (Wildman–Crippen LogP) is 8.75. The molecular weight excluding hydrogens is 424 g/mol. The van der Waals surface area contributed by atoms with E-state index in [-0.39, 0.29) is 11.1 Å². The van der Waals surface area contributed by atoms with Crippen molar-refractivity contribution >= 4 is 0 Å². The molecule has 0 aliphatic carbocycles. The summed E-state index contributed by atoms with van der Waals surface area (Å²) in [6.07, 6.45) is 6.23. The zero-order valence-electron chi connectivity index (χ0n) is 18.1. The van der Waals surface area contributed by atoms with E-state index < -0.39 is 23.3 Å². The second kappa shape index (κ2) is 9.86. The van der Waals surface area contributed by atoms with Gasteiger partial charge in [0, 0.05) is 5.56 Å². The molecule has 0 aliphatic rings. The van der Waals surface area contributed by atoms with E-state index in [4.69, 9.17) is 0 Å². The van der Waals surface area contributed by atoms with Crippen LogP contribution >= 0.6 is 0 Å². The summed E-state index contributed by atoms with van der Waals surface area (Å²) in [6, 6.07) is 22.2. The molecule has 4 aromatic carbocycles. The fraction of sp³-hybridized carbons (Fsp3) is 0.103. The van der Waals surface area contributed by atoms with Crippen molar-refractivity contribution in [3.8, 4) is 33.4 Å². The molecule has 0 aromatic heterocycles. The lowest BCUT2D eigenvalue weighted by molar-refractivity contribution is 0.447. The number of benzene rings is 4. The van der Waals surface area contributed by atoms with Crippen molar-refractivity contribution in [3.63, 3.8) is 0 Å². The predicted molar refractivity (Wildman–Crippen MR) is 126 cm³/mol. The highest BCUT2D eigenvalue weighted by molar-refractivity contribution is 5.73. The van der Waals surface area contributed by atoms with Crippen LogP contribution < -0.4 is 0 Å². The summed E-state index contributed by atoms with van der Waals surface area (Å²) in [6.45, 7) is 2.02. The quantitative estimate of drug-likeness (QED) is 0.158. The van der Waals surface area contributed by atoms with E-state index in [0.29, 0.717) is 5.56 Å². The highest BCUT2D eigenvalue weighted by Crippen LogP contribution is 2.31. The van der Waals surface area contributed by atoms with Gasteiger partial charge in [-0.05, 0) is 71.3 Å². The number of rotatable bonds is 6. The Bertz CT molecular complexity index is 1260. The molecular formula is C29H22F4. The molecule has 0 saturated heterocycles. The van der Waals surface area contributed by atoms with Crippen molar-refractivity contribution in [2.24, 2.45) is 0 Å². The Balaban J connectivity index is 1.54. The third-order valence-electron chi connectivity index (χ3n) is 5.60. The van der Waals surface area contributed by atoms with E-state index in [1.165, 1.54) is 17.7 Å². The van der Waals surface area contributed by atoms with Gasteiger partial charge in [-0.15, -0.1) is 0 Å². The second-order valence-corrected chi connectivity index (χ2v) is 7.83. The van der Waals surface area contributed by atoms with Crippen molar-refractivity contribution in [2.45, 2.75) is 19.8 Å². The second-order valence-electron chi connectivity index (χ2n) is 7.83. The number of halogens is 4. The van der Waals surface area contributed by atoms with E-state index >= 15 is 0 Å². The zero-order chi connectivity index (χ0) is 23.4. The Kier molecular flexibility index (Phi) is 6.74. The van der Waals surface area contributed by atoms with Gasteiger partial charge in [0.05, 0.1) is 0 Å². The van der Waals surface area contributed by atoms with E-state index in [0.717, 1.165) is 41.7 Å². The highest BCUT2D eigenvalue weighted by Gasteiger charge is 2.14. The summed E-state index contributed by atoms with van der Waals surface area (Å²) in [5, 5.41) is 0. The van der Waals surface area contributed by atoms with Crippen LogP contribution in [0.4, 0.5) is 17.6 Å². The van der Waals surface area contributed by atoms with Gasteiger partial charge in [-0.1, -0.05) is 72.8 Å². The smallest absolute Gasteiger partial charge is 0.194 e. The van der Waals surface area contributed by atoms with Crippen molar-refractivity contribution in [3.05, 3.63) is 120 Å². The number of aryl methyl sites for hydroxylation is 1. The van der Waals surface area contributed by atoms with Gasteiger partial charge >= 0.3 is 0 Å². The van der Waals surface area contributed by atoms with Crippen LogP contribution in [0, 0.1) is 23.3 Å². The molecule has 0 heterocycles. The van der Waals surface area contributed by atoms with Gasteiger partial charge in [0.1, 0.15) is 5.82 Å². The number of hydrogen-bond donors (Lipinski definition) is 0. The molecule has 33 heavy (non-hydrogen) atoms. The Hall–Kier alpha value is -3.66.